The predicted octanol–water partition coefficient (Wildman–Crippen LogP) is 6.25. The molecule has 7 nitrogen and oxygen atoms in total. The number of hydrogen-bond donors (Lipinski definition) is 2. The molecule has 0 spiro atoms. The number of aromatic nitrogens is 1. The van der Waals surface area contributed by atoms with Crippen LogP contribution in [0.15, 0.2) is 83.4 Å². The molecule has 2 N–H and O–H groups in total. The van der Waals surface area contributed by atoms with E-state index < -0.39 is 18.2 Å². The summed E-state index contributed by atoms with van der Waals surface area (Å²) in [4.78, 5) is 23.4. The number of anilines is 1. The summed E-state index contributed by atoms with van der Waals surface area (Å²) in [6.07, 6.45) is -1.01. The number of aryl methyl sites for hydroxylation is 1. The summed E-state index contributed by atoms with van der Waals surface area (Å²) >= 11 is 0. The van der Waals surface area contributed by atoms with Crippen molar-refractivity contribution in [2.45, 2.75) is 26.4 Å². The van der Waals surface area contributed by atoms with Crippen LogP contribution in [0, 0.1) is 6.92 Å². The highest BCUT2D eigenvalue weighted by Gasteiger charge is 2.19. The molecule has 0 aliphatic heterocycles. The quantitative estimate of drug-likeness (QED) is 0.341. The highest BCUT2D eigenvalue weighted by Crippen LogP contribution is 2.32. The van der Waals surface area contributed by atoms with Crippen molar-refractivity contribution in [3.05, 3.63) is 95.7 Å². The molecular weight excluding hydrogens is 432 g/mol. The first-order valence-electron chi connectivity index (χ1n) is 10.8. The molecule has 4 rings (SSSR count). The maximum atomic E-state index is 12.5. The first-order chi connectivity index (χ1) is 16.4. The Morgan fingerprint density at radius 1 is 0.941 bits per heavy atom. The fraction of sp³-hybridized carbons (Fsp3) is 0.148. The third-order valence-corrected chi connectivity index (χ3v) is 5.44. The zero-order valence-electron chi connectivity index (χ0n) is 18.8. The van der Waals surface area contributed by atoms with Crippen molar-refractivity contribution in [1.29, 1.82) is 0 Å². The van der Waals surface area contributed by atoms with Gasteiger partial charge in [-0.25, -0.2) is 4.79 Å². The van der Waals surface area contributed by atoms with Crippen LogP contribution in [0.4, 0.5) is 10.5 Å². The zero-order valence-corrected chi connectivity index (χ0v) is 18.8. The predicted molar refractivity (Wildman–Crippen MR) is 128 cm³/mol. The van der Waals surface area contributed by atoms with Gasteiger partial charge >= 0.3 is 12.1 Å². The van der Waals surface area contributed by atoms with Crippen molar-refractivity contribution in [1.82, 2.24) is 5.16 Å². The molecule has 1 heterocycles. The number of ether oxygens (including phenoxy) is 1. The number of nitrogens with one attached hydrogen (secondary N) is 1. The molecule has 1 amide bonds. The molecule has 1 atom stereocenters. The van der Waals surface area contributed by atoms with Gasteiger partial charge in [0.1, 0.15) is 17.5 Å². The van der Waals surface area contributed by atoms with Gasteiger partial charge in [-0.2, -0.15) is 0 Å². The van der Waals surface area contributed by atoms with Crippen LogP contribution in [-0.4, -0.2) is 22.3 Å². The lowest BCUT2D eigenvalue weighted by atomic mass is 10.0. The Morgan fingerprint density at radius 3 is 2.15 bits per heavy atom. The molecule has 34 heavy (non-hydrogen) atoms. The van der Waals surface area contributed by atoms with Gasteiger partial charge in [0.25, 0.3) is 0 Å². The average Bonchev–Trinajstić information content (AvgIpc) is 3.19. The van der Waals surface area contributed by atoms with Crippen molar-refractivity contribution in [2.75, 3.05) is 5.32 Å². The normalized spacial score (nSPS) is 11.6. The molecule has 0 aliphatic rings. The number of carboxylic acids is 1. The lowest BCUT2D eigenvalue weighted by Gasteiger charge is -2.14. The summed E-state index contributed by atoms with van der Waals surface area (Å²) in [6, 6.07) is 24.5. The van der Waals surface area contributed by atoms with Crippen molar-refractivity contribution in [3.8, 4) is 22.4 Å². The minimum absolute atomic E-state index is 0.00688. The molecule has 4 aromatic rings. The second kappa shape index (κ2) is 10.0. The van der Waals surface area contributed by atoms with E-state index in [4.69, 9.17) is 14.4 Å². The topological polar surface area (TPSA) is 102 Å². The zero-order chi connectivity index (χ0) is 24.1. The van der Waals surface area contributed by atoms with Gasteiger partial charge in [0.05, 0.1) is 6.42 Å². The van der Waals surface area contributed by atoms with E-state index in [0.29, 0.717) is 17.1 Å². The maximum Gasteiger partial charge on any atom is 0.412 e. The SMILES string of the molecule is Cc1onc(-c2ccc(-c3ccc(CC(=O)O)cc3)cc2)c1NC(=O)OC(C)c1ccccc1. The lowest BCUT2D eigenvalue weighted by Crippen LogP contribution is -2.16. The number of carboxylic acid groups (broad SMARTS) is 1. The summed E-state index contributed by atoms with van der Waals surface area (Å²) in [7, 11) is 0. The second-order valence-corrected chi connectivity index (χ2v) is 7.89. The molecular formula is C27H24N2O5. The smallest absolute Gasteiger partial charge is 0.412 e. The van der Waals surface area contributed by atoms with Crippen LogP contribution in [0.2, 0.25) is 0 Å². The standard InChI is InChI=1S/C27H24N2O5/c1-17(20-6-4-3-5-7-20)33-27(32)28-25-18(2)34-29-26(25)23-14-12-22(13-15-23)21-10-8-19(9-11-21)16-24(30)31/h3-15,17H,16H2,1-2H3,(H,28,32)(H,30,31). The molecule has 1 aromatic heterocycles. The average molecular weight is 456 g/mol. The number of carbonyl (C=O) groups excluding carboxylic acids is 1. The largest absolute Gasteiger partial charge is 0.481 e. The molecule has 0 bridgehead atoms. The van der Waals surface area contributed by atoms with E-state index in [1.807, 2.05) is 85.8 Å². The fourth-order valence-corrected chi connectivity index (χ4v) is 3.61. The third-order valence-electron chi connectivity index (χ3n) is 5.44. The van der Waals surface area contributed by atoms with E-state index in [-0.39, 0.29) is 6.42 Å². The van der Waals surface area contributed by atoms with Crippen LogP contribution in [0.25, 0.3) is 22.4 Å². The molecule has 0 saturated carbocycles. The van der Waals surface area contributed by atoms with Crippen LogP contribution < -0.4 is 5.32 Å². The van der Waals surface area contributed by atoms with Gasteiger partial charge in [-0.15, -0.1) is 0 Å². The summed E-state index contributed by atoms with van der Waals surface area (Å²) in [5.74, 6) is -0.389. The van der Waals surface area contributed by atoms with Gasteiger partial charge in [0.2, 0.25) is 0 Å². The number of aliphatic carboxylic acids is 1. The van der Waals surface area contributed by atoms with Crippen LogP contribution >= 0.6 is 0 Å². The van der Waals surface area contributed by atoms with Gasteiger partial charge in [0, 0.05) is 5.56 Å². The molecule has 0 fully saturated rings. The highest BCUT2D eigenvalue weighted by molar-refractivity contribution is 5.91. The lowest BCUT2D eigenvalue weighted by molar-refractivity contribution is -0.136. The number of amides is 1. The van der Waals surface area contributed by atoms with Crippen molar-refractivity contribution in [2.24, 2.45) is 0 Å². The van der Waals surface area contributed by atoms with Gasteiger partial charge < -0.3 is 14.4 Å². The van der Waals surface area contributed by atoms with E-state index >= 15 is 0 Å². The first-order valence-corrected chi connectivity index (χ1v) is 10.8. The molecule has 3 aromatic carbocycles. The van der Waals surface area contributed by atoms with E-state index in [9.17, 15) is 9.59 Å². The van der Waals surface area contributed by atoms with Gasteiger partial charge in [-0.05, 0) is 36.1 Å². The molecule has 172 valence electrons. The Morgan fingerprint density at radius 2 is 1.53 bits per heavy atom. The van der Waals surface area contributed by atoms with Crippen LogP contribution in [0.5, 0.6) is 0 Å². The Hall–Kier alpha value is -4.39. The van der Waals surface area contributed by atoms with E-state index in [1.54, 1.807) is 6.92 Å². The van der Waals surface area contributed by atoms with Crippen molar-refractivity contribution < 1.29 is 24.0 Å². The second-order valence-electron chi connectivity index (χ2n) is 7.89. The Bertz CT molecular complexity index is 1280. The summed E-state index contributed by atoms with van der Waals surface area (Å²) in [5.41, 5.74) is 5.31. The Labute approximate surface area is 197 Å². The Kier molecular flexibility index (Phi) is 6.73. The Balaban J connectivity index is 1.48. The number of hydrogen-bond acceptors (Lipinski definition) is 5. The van der Waals surface area contributed by atoms with E-state index in [2.05, 4.69) is 10.5 Å². The van der Waals surface area contributed by atoms with Gasteiger partial charge in [-0.3, -0.25) is 10.1 Å². The number of nitrogens with zero attached hydrogens (tertiary/aromatic N) is 1. The number of carbonyl (C=O) groups is 2. The molecule has 7 heteroatoms. The summed E-state index contributed by atoms with van der Waals surface area (Å²) < 4.78 is 10.8. The minimum Gasteiger partial charge on any atom is -0.481 e. The van der Waals surface area contributed by atoms with Gasteiger partial charge in [-0.1, -0.05) is 84.0 Å². The number of benzene rings is 3. The van der Waals surface area contributed by atoms with Crippen LogP contribution in [-0.2, 0) is 16.0 Å². The molecule has 0 saturated heterocycles. The fourth-order valence-electron chi connectivity index (χ4n) is 3.61. The van der Waals surface area contributed by atoms with Crippen molar-refractivity contribution >= 4 is 17.7 Å². The maximum absolute atomic E-state index is 12.5. The molecule has 0 aliphatic carbocycles. The molecule has 1 unspecified atom stereocenters. The van der Waals surface area contributed by atoms with Crippen molar-refractivity contribution in [3.63, 3.8) is 0 Å². The summed E-state index contributed by atoms with van der Waals surface area (Å²) in [5, 5.41) is 15.8. The highest BCUT2D eigenvalue weighted by atomic mass is 16.6. The third kappa shape index (κ3) is 5.32. The number of rotatable bonds is 7. The van der Waals surface area contributed by atoms with E-state index in [0.717, 1.165) is 27.8 Å². The molecule has 0 radical (unpaired) electrons. The van der Waals surface area contributed by atoms with Crippen LogP contribution in [0.3, 0.4) is 0 Å². The summed E-state index contributed by atoms with van der Waals surface area (Å²) in [6.45, 7) is 3.53. The first kappa shape index (κ1) is 22.8. The van der Waals surface area contributed by atoms with E-state index in [1.165, 1.54) is 0 Å². The van der Waals surface area contributed by atoms with Gasteiger partial charge in [0.15, 0.2) is 5.76 Å². The van der Waals surface area contributed by atoms with Crippen LogP contribution in [0.1, 0.15) is 29.9 Å². The minimum atomic E-state index is -0.858. The monoisotopic (exact) mass is 456 g/mol.